The molecule has 2 N–H and O–H groups in total. The van der Waals surface area contributed by atoms with Crippen molar-refractivity contribution in [3.8, 4) is 0 Å². The number of hydrogen-bond acceptors (Lipinski definition) is 1. The predicted octanol–water partition coefficient (Wildman–Crippen LogP) is 2.31. The van der Waals surface area contributed by atoms with Crippen molar-refractivity contribution in [3.63, 3.8) is 0 Å². The molecule has 0 fully saturated rings. The average Bonchev–Trinajstić information content (AvgIpc) is 2.20. The average molecular weight is 192 g/mol. The molecule has 3 heteroatoms. The third-order valence-corrected chi connectivity index (χ3v) is 2.12. The fourth-order valence-electron chi connectivity index (χ4n) is 1.32. The highest BCUT2D eigenvalue weighted by molar-refractivity contribution is 5.89. The van der Waals surface area contributed by atoms with Gasteiger partial charge in [0.1, 0.15) is 0 Å². The van der Waals surface area contributed by atoms with Crippen LogP contribution in [0.1, 0.15) is 18.1 Å². The summed E-state index contributed by atoms with van der Waals surface area (Å²) in [4.78, 5) is 11.1. The van der Waals surface area contributed by atoms with Gasteiger partial charge in [-0.1, -0.05) is 24.6 Å². The minimum absolute atomic E-state index is 0.177. The lowest BCUT2D eigenvalue weighted by Crippen LogP contribution is -2.25. The number of nitrogens with one attached hydrogen (secondary N) is 2. The fraction of sp³-hybridized carbons (Fsp3) is 0.364. The van der Waals surface area contributed by atoms with Crippen molar-refractivity contribution < 1.29 is 4.79 Å². The second kappa shape index (κ2) is 4.65. The van der Waals surface area contributed by atoms with Crippen LogP contribution in [0.25, 0.3) is 0 Å². The first-order chi connectivity index (χ1) is 6.67. The van der Waals surface area contributed by atoms with Gasteiger partial charge in [-0.25, -0.2) is 4.79 Å². The molecule has 0 atom stereocenters. The zero-order chi connectivity index (χ0) is 10.6. The summed E-state index contributed by atoms with van der Waals surface area (Å²) in [5.74, 6) is 0. The molecule has 1 aromatic rings. The molecular formula is C11H16N2O. The number of anilines is 1. The molecular weight excluding hydrogens is 176 g/mol. The lowest BCUT2D eigenvalue weighted by atomic mass is 10.1. The van der Waals surface area contributed by atoms with E-state index in [0.717, 1.165) is 17.7 Å². The highest BCUT2D eigenvalue weighted by atomic mass is 16.2. The molecule has 1 aromatic carbocycles. The maximum absolute atomic E-state index is 11.1. The molecule has 0 radical (unpaired) electrons. The van der Waals surface area contributed by atoms with Gasteiger partial charge in [-0.05, 0) is 25.0 Å². The van der Waals surface area contributed by atoms with Gasteiger partial charge >= 0.3 is 6.03 Å². The van der Waals surface area contributed by atoms with Crippen LogP contribution >= 0.6 is 0 Å². The highest BCUT2D eigenvalue weighted by Gasteiger charge is 2.03. The van der Waals surface area contributed by atoms with E-state index in [2.05, 4.69) is 23.6 Å². The van der Waals surface area contributed by atoms with Crippen LogP contribution in [0.15, 0.2) is 18.2 Å². The topological polar surface area (TPSA) is 41.1 Å². The van der Waals surface area contributed by atoms with Gasteiger partial charge in [-0.3, -0.25) is 0 Å². The number of amides is 2. The first kappa shape index (κ1) is 10.6. The summed E-state index contributed by atoms with van der Waals surface area (Å²) in [6.07, 6.45) is 0.918. The molecule has 0 aliphatic carbocycles. The van der Waals surface area contributed by atoms with Crippen LogP contribution in [-0.4, -0.2) is 13.1 Å². The zero-order valence-corrected chi connectivity index (χ0v) is 8.85. The quantitative estimate of drug-likeness (QED) is 0.741. The zero-order valence-electron chi connectivity index (χ0n) is 8.85. The molecule has 0 aliphatic heterocycles. The van der Waals surface area contributed by atoms with E-state index in [-0.39, 0.29) is 6.03 Å². The summed E-state index contributed by atoms with van der Waals surface area (Å²) in [7, 11) is 1.61. The molecule has 0 saturated heterocycles. The Balaban J connectivity index is 2.90. The van der Waals surface area contributed by atoms with Gasteiger partial charge < -0.3 is 10.6 Å². The molecule has 0 aliphatic rings. The Kier molecular flexibility index (Phi) is 3.51. The molecule has 0 aromatic heterocycles. The summed E-state index contributed by atoms with van der Waals surface area (Å²) < 4.78 is 0. The number of benzene rings is 1. The van der Waals surface area contributed by atoms with Crippen molar-refractivity contribution in [2.24, 2.45) is 0 Å². The van der Waals surface area contributed by atoms with Crippen LogP contribution in [-0.2, 0) is 6.42 Å². The van der Waals surface area contributed by atoms with Gasteiger partial charge in [0.25, 0.3) is 0 Å². The number of hydrogen-bond donors (Lipinski definition) is 2. The van der Waals surface area contributed by atoms with Crippen molar-refractivity contribution in [2.75, 3.05) is 12.4 Å². The standard InChI is InChI=1S/C11H16N2O/c1-4-9-7-8(2)5-6-10(9)13-11(14)12-3/h5-7H,4H2,1-3H3,(H2,12,13,14). The first-order valence-corrected chi connectivity index (χ1v) is 4.75. The van der Waals surface area contributed by atoms with Crippen molar-refractivity contribution in [2.45, 2.75) is 20.3 Å². The number of carbonyl (C=O) groups excluding carboxylic acids is 1. The molecule has 1 rings (SSSR count). The van der Waals surface area contributed by atoms with Gasteiger partial charge in [0.15, 0.2) is 0 Å². The van der Waals surface area contributed by atoms with E-state index in [1.54, 1.807) is 7.05 Å². The van der Waals surface area contributed by atoms with Gasteiger partial charge in [0, 0.05) is 12.7 Å². The second-order valence-corrected chi connectivity index (χ2v) is 3.22. The molecule has 76 valence electrons. The Morgan fingerprint density at radius 3 is 2.71 bits per heavy atom. The summed E-state index contributed by atoms with van der Waals surface area (Å²) in [5, 5.41) is 5.32. The van der Waals surface area contributed by atoms with E-state index < -0.39 is 0 Å². The highest BCUT2D eigenvalue weighted by Crippen LogP contribution is 2.17. The summed E-state index contributed by atoms with van der Waals surface area (Å²) in [6.45, 7) is 4.12. The number of rotatable bonds is 2. The van der Waals surface area contributed by atoms with Crippen molar-refractivity contribution in [3.05, 3.63) is 29.3 Å². The third kappa shape index (κ3) is 2.49. The monoisotopic (exact) mass is 192 g/mol. The minimum atomic E-state index is -0.177. The normalized spacial score (nSPS) is 9.64. The van der Waals surface area contributed by atoms with Crippen LogP contribution in [0.4, 0.5) is 10.5 Å². The maximum atomic E-state index is 11.1. The van der Waals surface area contributed by atoms with Gasteiger partial charge in [0.2, 0.25) is 0 Å². The van der Waals surface area contributed by atoms with Crippen LogP contribution in [0, 0.1) is 6.92 Å². The van der Waals surface area contributed by atoms with Gasteiger partial charge in [0.05, 0.1) is 0 Å². The van der Waals surface area contributed by atoms with Gasteiger partial charge in [-0.2, -0.15) is 0 Å². The molecule has 14 heavy (non-hydrogen) atoms. The Morgan fingerprint density at radius 2 is 2.14 bits per heavy atom. The molecule has 0 saturated carbocycles. The Hall–Kier alpha value is -1.51. The molecule has 0 bridgehead atoms. The molecule has 0 heterocycles. The summed E-state index contributed by atoms with van der Waals surface area (Å²) in [5.41, 5.74) is 3.26. The largest absolute Gasteiger partial charge is 0.341 e. The number of urea groups is 1. The Labute approximate surface area is 84.5 Å². The molecule has 2 amide bonds. The van der Waals surface area contributed by atoms with E-state index in [0.29, 0.717) is 0 Å². The predicted molar refractivity (Wildman–Crippen MR) is 58.6 cm³/mol. The first-order valence-electron chi connectivity index (χ1n) is 4.75. The maximum Gasteiger partial charge on any atom is 0.318 e. The van der Waals surface area contributed by atoms with Crippen molar-refractivity contribution in [1.82, 2.24) is 5.32 Å². The molecule has 0 spiro atoms. The van der Waals surface area contributed by atoms with Crippen molar-refractivity contribution in [1.29, 1.82) is 0 Å². The summed E-state index contributed by atoms with van der Waals surface area (Å²) in [6, 6.07) is 5.84. The minimum Gasteiger partial charge on any atom is -0.341 e. The SMILES string of the molecule is CCc1cc(C)ccc1NC(=O)NC. The van der Waals surface area contributed by atoms with E-state index in [1.807, 2.05) is 19.1 Å². The van der Waals surface area contributed by atoms with Crippen LogP contribution in [0.3, 0.4) is 0 Å². The van der Waals surface area contributed by atoms with E-state index in [9.17, 15) is 4.79 Å². The van der Waals surface area contributed by atoms with Gasteiger partial charge in [-0.15, -0.1) is 0 Å². The number of aryl methyl sites for hydroxylation is 2. The molecule has 0 unspecified atom stereocenters. The van der Waals surface area contributed by atoms with E-state index in [1.165, 1.54) is 5.56 Å². The van der Waals surface area contributed by atoms with Crippen LogP contribution in [0.2, 0.25) is 0 Å². The second-order valence-electron chi connectivity index (χ2n) is 3.22. The fourth-order valence-corrected chi connectivity index (χ4v) is 1.32. The van der Waals surface area contributed by atoms with E-state index in [4.69, 9.17) is 0 Å². The van der Waals surface area contributed by atoms with Crippen molar-refractivity contribution >= 4 is 11.7 Å². The Bertz CT molecular complexity index is 334. The smallest absolute Gasteiger partial charge is 0.318 e. The third-order valence-electron chi connectivity index (χ3n) is 2.12. The lowest BCUT2D eigenvalue weighted by Gasteiger charge is -2.09. The summed E-state index contributed by atoms with van der Waals surface area (Å²) >= 11 is 0. The Morgan fingerprint density at radius 1 is 1.43 bits per heavy atom. The number of carbonyl (C=O) groups is 1. The van der Waals surface area contributed by atoms with E-state index >= 15 is 0 Å². The molecule has 3 nitrogen and oxygen atoms in total. The van der Waals surface area contributed by atoms with Crippen LogP contribution in [0.5, 0.6) is 0 Å². The van der Waals surface area contributed by atoms with Crippen LogP contribution < -0.4 is 10.6 Å². The lowest BCUT2D eigenvalue weighted by molar-refractivity contribution is 0.254.